The molecule has 0 aliphatic heterocycles. The maximum absolute atomic E-state index is 12.9. The van der Waals surface area contributed by atoms with Gasteiger partial charge in [0.05, 0.1) is 12.2 Å². The Labute approximate surface area is 150 Å². The average Bonchev–Trinajstić information content (AvgIpc) is 2.60. The van der Waals surface area contributed by atoms with E-state index in [0.717, 1.165) is 18.4 Å². The molecule has 0 unspecified atom stereocenters. The van der Waals surface area contributed by atoms with Crippen molar-refractivity contribution in [2.24, 2.45) is 0 Å². The molecule has 0 N–H and O–H groups in total. The summed E-state index contributed by atoms with van der Waals surface area (Å²) in [6.45, 7) is 8.80. The van der Waals surface area contributed by atoms with Crippen LogP contribution in [-0.4, -0.2) is 18.4 Å². The molecule has 0 heterocycles. The van der Waals surface area contributed by atoms with Gasteiger partial charge in [-0.15, -0.1) is 0 Å². The Hall–Kier alpha value is -2.42. The van der Waals surface area contributed by atoms with E-state index in [-0.39, 0.29) is 11.2 Å². The number of benzene rings is 2. The molecular formula is C22H26O3. The number of carbonyl (C=O) groups is 2. The third kappa shape index (κ3) is 4.79. The quantitative estimate of drug-likeness (QED) is 0.414. The summed E-state index contributed by atoms with van der Waals surface area (Å²) in [7, 11) is 0. The van der Waals surface area contributed by atoms with Gasteiger partial charge in [-0.2, -0.15) is 0 Å². The van der Waals surface area contributed by atoms with Gasteiger partial charge < -0.3 is 4.74 Å². The van der Waals surface area contributed by atoms with Crippen molar-refractivity contribution in [1.82, 2.24) is 0 Å². The first-order chi connectivity index (χ1) is 11.8. The molecule has 0 aliphatic rings. The summed E-state index contributed by atoms with van der Waals surface area (Å²) in [6.07, 6.45) is 1.77. The molecular weight excluding hydrogens is 312 g/mol. The van der Waals surface area contributed by atoms with E-state index in [0.29, 0.717) is 23.3 Å². The predicted octanol–water partition coefficient (Wildman–Crippen LogP) is 5.17. The lowest BCUT2D eigenvalue weighted by Gasteiger charge is -2.19. The number of ketones is 1. The molecule has 132 valence electrons. The lowest BCUT2D eigenvalue weighted by atomic mass is 9.86. The normalized spacial score (nSPS) is 11.2. The maximum Gasteiger partial charge on any atom is 0.338 e. The average molecular weight is 338 g/mol. The van der Waals surface area contributed by atoms with Gasteiger partial charge in [0.1, 0.15) is 0 Å². The van der Waals surface area contributed by atoms with Crippen LogP contribution >= 0.6 is 0 Å². The third-order valence-electron chi connectivity index (χ3n) is 4.14. The van der Waals surface area contributed by atoms with E-state index >= 15 is 0 Å². The first-order valence-electron chi connectivity index (χ1n) is 8.76. The number of hydrogen-bond acceptors (Lipinski definition) is 3. The van der Waals surface area contributed by atoms with Crippen LogP contribution in [0, 0.1) is 0 Å². The van der Waals surface area contributed by atoms with Crippen molar-refractivity contribution >= 4 is 11.8 Å². The highest BCUT2D eigenvalue weighted by Crippen LogP contribution is 2.23. The van der Waals surface area contributed by atoms with Crippen molar-refractivity contribution in [1.29, 1.82) is 0 Å². The summed E-state index contributed by atoms with van der Waals surface area (Å²) < 4.78 is 5.27. The van der Waals surface area contributed by atoms with Gasteiger partial charge in [-0.3, -0.25) is 4.79 Å². The van der Waals surface area contributed by atoms with Gasteiger partial charge in [-0.1, -0.05) is 76.6 Å². The number of carbonyl (C=O) groups excluding carboxylic acids is 2. The fraction of sp³-hybridized carbons (Fsp3) is 0.364. The van der Waals surface area contributed by atoms with Crippen LogP contribution in [0.4, 0.5) is 0 Å². The van der Waals surface area contributed by atoms with Gasteiger partial charge in [0, 0.05) is 11.1 Å². The van der Waals surface area contributed by atoms with E-state index in [1.54, 1.807) is 24.3 Å². The minimum atomic E-state index is -0.441. The topological polar surface area (TPSA) is 43.4 Å². The monoisotopic (exact) mass is 338 g/mol. The zero-order chi connectivity index (χ0) is 18.4. The maximum atomic E-state index is 12.9. The lowest BCUT2D eigenvalue weighted by molar-refractivity contribution is 0.0497. The largest absolute Gasteiger partial charge is 0.462 e. The fourth-order valence-electron chi connectivity index (χ4n) is 2.52. The number of esters is 1. The fourth-order valence-corrected chi connectivity index (χ4v) is 2.52. The number of unbranched alkanes of at least 4 members (excludes halogenated alkanes) is 1. The molecule has 2 aromatic rings. The van der Waals surface area contributed by atoms with E-state index in [9.17, 15) is 9.59 Å². The van der Waals surface area contributed by atoms with Crippen LogP contribution in [0.15, 0.2) is 48.5 Å². The van der Waals surface area contributed by atoms with Crippen molar-refractivity contribution in [2.75, 3.05) is 6.61 Å². The Bertz CT molecular complexity index is 737. The van der Waals surface area contributed by atoms with E-state index in [1.165, 1.54) is 0 Å². The molecule has 25 heavy (non-hydrogen) atoms. The Balaban J connectivity index is 2.26. The molecule has 0 spiro atoms. The second-order valence-corrected chi connectivity index (χ2v) is 7.19. The molecule has 0 bridgehead atoms. The zero-order valence-electron chi connectivity index (χ0n) is 15.5. The van der Waals surface area contributed by atoms with Crippen molar-refractivity contribution in [3.8, 4) is 0 Å². The minimum Gasteiger partial charge on any atom is -0.462 e. The van der Waals surface area contributed by atoms with E-state index < -0.39 is 5.97 Å². The van der Waals surface area contributed by atoms with Crippen LogP contribution in [0.5, 0.6) is 0 Å². The van der Waals surface area contributed by atoms with Crippen LogP contribution in [0.2, 0.25) is 0 Å². The molecule has 0 saturated heterocycles. The van der Waals surface area contributed by atoms with Gasteiger partial charge in [0.25, 0.3) is 0 Å². The lowest BCUT2D eigenvalue weighted by Crippen LogP contribution is -2.14. The Kier molecular flexibility index (Phi) is 6.13. The van der Waals surface area contributed by atoms with Crippen LogP contribution in [-0.2, 0) is 10.2 Å². The van der Waals surface area contributed by atoms with E-state index in [4.69, 9.17) is 4.74 Å². The van der Waals surface area contributed by atoms with Gasteiger partial charge in [-0.05, 0) is 23.5 Å². The molecule has 0 amide bonds. The summed E-state index contributed by atoms with van der Waals surface area (Å²) in [4.78, 5) is 25.1. The predicted molar refractivity (Wildman–Crippen MR) is 100 cm³/mol. The summed E-state index contributed by atoms with van der Waals surface area (Å²) >= 11 is 0. The number of rotatable bonds is 6. The molecule has 0 aromatic heterocycles. The summed E-state index contributed by atoms with van der Waals surface area (Å²) in [6, 6.07) is 14.4. The molecule has 2 aromatic carbocycles. The molecule has 3 heteroatoms. The first kappa shape index (κ1) is 18.9. The summed E-state index contributed by atoms with van der Waals surface area (Å²) in [5, 5.41) is 0. The Morgan fingerprint density at radius 3 is 2.08 bits per heavy atom. The van der Waals surface area contributed by atoms with Crippen LogP contribution in [0.3, 0.4) is 0 Å². The number of hydrogen-bond donors (Lipinski definition) is 0. The van der Waals surface area contributed by atoms with Crippen LogP contribution < -0.4 is 0 Å². The molecule has 0 aliphatic carbocycles. The minimum absolute atomic E-state index is 0.0303. The molecule has 0 atom stereocenters. The van der Waals surface area contributed by atoms with E-state index in [1.807, 2.05) is 31.2 Å². The summed E-state index contributed by atoms with van der Waals surface area (Å²) in [5.41, 5.74) is 2.47. The molecule has 0 radical (unpaired) electrons. The van der Waals surface area contributed by atoms with Gasteiger partial charge in [0.15, 0.2) is 5.78 Å². The third-order valence-corrected chi connectivity index (χ3v) is 4.14. The first-order valence-corrected chi connectivity index (χ1v) is 8.76. The molecule has 2 rings (SSSR count). The highest BCUT2D eigenvalue weighted by atomic mass is 16.5. The van der Waals surface area contributed by atoms with Gasteiger partial charge >= 0.3 is 5.97 Å². The smallest absolute Gasteiger partial charge is 0.338 e. The van der Waals surface area contributed by atoms with Crippen LogP contribution in [0.1, 0.15) is 72.4 Å². The number of ether oxygens (including phenoxy) is 1. The summed E-state index contributed by atoms with van der Waals surface area (Å²) in [5.74, 6) is -0.604. The standard InChI is InChI=1S/C22H26O3/c1-5-6-15-25-21(24)19-10-8-7-9-18(19)20(23)16-11-13-17(14-12-16)22(2,3)4/h7-14H,5-6,15H2,1-4H3. The van der Waals surface area contributed by atoms with Crippen molar-refractivity contribution < 1.29 is 14.3 Å². The van der Waals surface area contributed by atoms with Gasteiger partial charge in [-0.25, -0.2) is 4.79 Å². The van der Waals surface area contributed by atoms with Gasteiger partial charge in [0.2, 0.25) is 0 Å². The Morgan fingerprint density at radius 1 is 0.920 bits per heavy atom. The molecule has 3 nitrogen and oxygen atoms in total. The zero-order valence-corrected chi connectivity index (χ0v) is 15.5. The second-order valence-electron chi connectivity index (χ2n) is 7.19. The highest BCUT2D eigenvalue weighted by Gasteiger charge is 2.20. The van der Waals surface area contributed by atoms with Crippen molar-refractivity contribution in [3.05, 3.63) is 70.8 Å². The molecule has 0 saturated carbocycles. The second kappa shape index (κ2) is 8.11. The molecule has 0 fully saturated rings. The van der Waals surface area contributed by atoms with Crippen molar-refractivity contribution in [3.63, 3.8) is 0 Å². The Morgan fingerprint density at radius 2 is 1.52 bits per heavy atom. The van der Waals surface area contributed by atoms with Crippen LogP contribution in [0.25, 0.3) is 0 Å². The van der Waals surface area contributed by atoms with Crippen molar-refractivity contribution in [2.45, 2.75) is 46.0 Å². The SMILES string of the molecule is CCCCOC(=O)c1ccccc1C(=O)c1ccc(C(C)(C)C)cc1. The van der Waals surface area contributed by atoms with E-state index in [2.05, 4.69) is 20.8 Å². The highest BCUT2D eigenvalue weighted by molar-refractivity contribution is 6.14.